The lowest BCUT2D eigenvalue weighted by molar-refractivity contribution is 0.404. The van der Waals surface area contributed by atoms with Crippen molar-refractivity contribution in [2.75, 3.05) is 7.11 Å². The molecule has 15 heavy (non-hydrogen) atoms. The fourth-order valence-corrected chi connectivity index (χ4v) is 1.96. The van der Waals surface area contributed by atoms with Gasteiger partial charge in [-0.2, -0.15) is 0 Å². The number of benzene rings is 1. The van der Waals surface area contributed by atoms with Gasteiger partial charge in [0.2, 0.25) is 0 Å². The largest absolute Gasteiger partial charge is 0.496 e. The first-order valence-corrected chi connectivity index (χ1v) is 5.51. The second-order valence-corrected chi connectivity index (χ2v) is 4.44. The van der Waals surface area contributed by atoms with Crippen LogP contribution < -0.4 is 10.5 Å². The number of rotatable bonds is 4. The van der Waals surface area contributed by atoms with Gasteiger partial charge in [-0.15, -0.1) is 0 Å². The Morgan fingerprint density at radius 1 is 1.40 bits per heavy atom. The second kappa shape index (κ2) is 5.38. The monoisotopic (exact) mass is 227 g/mol. The van der Waals surface area contributed by atoms with Gasteiger partial charge in [0, 0.05) is 11.1 Å². The van der Waals surface area contributed by atoms with E-state index >= 15 is 0 Å². The number of nitrogens with two attached hydrogens (primary N) is 1. The normalized spacial score (nSPS) is 14.7. The maximum Gasteiger partial charge on any atom is 0.122 e. The van der Waals surface area contributed by atoms with Crippen LogP contribution in [0.5, 0.6) is 5.75 Å². The van der Waals surface area contributed by atoms with Gasteiger partial charge in [-0.25, -0.2) is 0 Å². The summed E-state index contributed by atoms with van der Waals surface area (Å²) in [6.45, 7) is 4.14. The molecule has 0 fully saturated rings. The van der Waals surface area contributed by atoms with Crippen molar-refractivity contribution in [2.24, 2.45) is 5.73 Å². The quantitative estimate of drug-likeness (QED) is 0.858. The van der Waals surface area contributed by atoms with E-state index in [1.165, 1.54) is 0 Å². The third-order valence-corrected chi connectivity index (χ3v) is 2.68. The molecule has 0 saturated carbocycles. The molecule has 2 unspecified atom stereocenters. The Morgan fingerprint density at radius 2 is 2.07 bits per heavy atom. The maximum atomic E-state index is 5.97. The van der Waals surface area contributed by atoms with Crippen LogP contribution in [0, 0.1) is 0 Å². The van der Waals surface area contributed by atoms with Crippen molar-refractivity contribution in [3.63, 3.8) is 0 Å². The molecule has 0 saturated heterocycles. The summed E-state index contributed by atoms with van der Waals surface area (Å²) >= 11 is 5.97. The SMILES string of the molecule is COc1ccc(Cl)cc1C(C)CC(C)N. The molecule has 2 atom stereocenters. The van der Waals surface area contributed by atoms with E-state index in [2.05, 4.69) is 6.92 Å². The average molecular weight is 228 g/mol. The summed E-state index contributed by atoms with van der Waals surface area (Å²) in [5.74, 6) is 1.24. The molecule has 1 rings (SSSR count). The van der Waals surface area contributed by atoms with Gasteiger partial charge in [0.25, 0.3) is 0 Å². The summed E-state index contributed by atoms with van der Waals surface area (Å²) in [5, 5.41) is 0.738. The molecule has 0 radical (unpaired) electrons. The Labute approximate surface area is 96.4 Å². The van der Waals surface area contributed by atoms with E-state index in [0.29, 0.717) is 5.92 Å². The van der Waals surface area contributed by atoms with Gasteiger partial charge in [-0.05, 0) is 43.0 Å². The number of halogens is 1. The van der Waals surface area contributed by atoms with Crippen LogP contribution in [-0.4, -0.2) is 13.2 Å². The minimum atomic E-state index is 0.184. The van der Waals surface area contributed by atoms with E-state index in [0.717, 1.165) is 22.8 Å². The first kappa shape index (κ1) is 12.3. The molecule has 1 aromatic carbocycles. The fourth-order valence-electron chi connectivity index (χ4n) is 1.77. The molecule has 0 amide bonds. The van der Waals surface area contributed by atoms with Crippen LogP contribution in [0.25, 0.3) is 0 Å². The van der Waals surface area contributed by atoms with Crippen molar-refractivity contribution in [1.82, 2.24) is 0 Å². The van der Waals surface area contributed by atoms with Crippen LogP contribution in [0.15, 0.2) is 18.2 Å². The molecule has 0 aromatic heterocycles. The summed E-state index contributed by atoms with van der Waals surface area (Å²) in [6, 6.07) is 5.87. The van der Waals surface area contributed by atoms with Crippen molar-refractivity contribution < 1.29 is 4.74 Å². The third-order valence-electron chi connectivity index (χ3n) is 2.45. The van der Waals surface area contributed by atoms with Gasteiger partial charge in [0.1, 0.15) is 5.75 Å². The first-order chi connectivity index (χ1) is 7.04. The lowest BCUT2D eigenvalue weighted by Gasteiger charge is -2.17. The predicted octanol–water partition coefficient (Wildman–Crippen LogP) is 3.19. The van der Waals surface area contributed by atoms with Gasteiger partial charge in [0.05, 0.1) is 7.11 Å². The third kappa shape index (κ3) is 3.40. The van der Waals surface area contributed by atoms with E-state index < -0.39 is 0 Å². The van der Waals surface area contributed by atoms with Crippen LogP contribution in [0.4, 0.5) is 0 Å². The highest BCUT2D eigenvalue weighted by atomic mass is 35.5. The van der Waals surface area contributed by atoms with Crippen LogP contribution in [-0.2, 0) is 0 Å². The smallest absolute Gasteiger partial charge is 0.122 e. The number of methoxy groups -OCH3 is 1. The molecule has 2 N–H and O–H groups in total. The predicted molar refractivity (Wildman–Crippen MR) is 64.7 cm³/mol. The average Bonchev–Trinajstić information content (AvgIpc) is 2.16. The zero-order chi connectivity index (χ0) is 11.4. The van der Waals surface area contributed by atoms with Crippen molar-refractivity contribution in [3.05, 3.63) is 28.8 Å². The van der Waals surface area contributed by atoms with Crippen LogP contribution in [0.3, 0.4) is 0 Å². The van der Waals surface area contributed by atoms with Crippen LogP contribution in [0.1, 0.15) is 31.7 Å². The molecule has 0 aliphatic rings. The van der Waals surface area contributed by atoms with E-state index in [-0.39, 0.29) is 6.04 Å². The standard InChI is InChI=1S/C12H18ClNO/c1-8(6-9(2)14)11-7-10(13)4-5-12(11)15-3/h4-5,7-9H,6,14H2,1-3H3. The molecule has 1 aromatic rings. The number of hydrogen-bond acceptors (Lipinski definition) is 2. The molecule has 0 aliphatic heterocycles. The molecular formula is C12H18ClNO. The van der Waals surface area contributed by atoms with Crippen molar-refractivity contribution >= 4 is 11.6 Å². The molecule has 2 nitrogen and oxygen atoms in total. The summed E-state index contributed by atoms with van der Waals surface area (Å²) < 4.78 is 5.30. The zero-order valence-electron chi connectivity index (χ0n) is 9.46. The Hall–Kier alpha value is -0.730. The highest BCUT2D eigenvalue weighted by molar-refractivity contribution is 6.30. The zero-order valence-corrected chi connectivity index (χ0v) is 10.2. The maximum absolute atomic E-state index is 5.97. The highest BCUT2D eigenvalue weighted by Gasteiger charge is 2.13. The molecule has 0 spiro atoms. The van der Waals surface area contributed by atoms with Gasteiger partial charge in [0.15, 0.2) is 0 Å². The second-order valence-electron chi connectivity index (χ2n) is 4.00. The van der Waals surface area contributed by atoms with E-state index in [9.17, 15) is 0 Å². The number of ether oxygens (including phenoxy) is 1. The Bertz CT molecular complexity index is 325. The van der Waals surface area contributed by atoms with Gasteiger partial charge >= 0.3 is 0 Å². The summed E-state index contributed by atoms with van der Waals surface area (Å²) in [4.78, 5) is 0. The van der Waals surface area contributed by atoms with Crippen molar-refractivity contribution in [2.45, 2.75) is 32.2 Å². The molecule has 0 aliphatic carbocycles. The van der Waals surface area contributed by atoms with Crippen LogP contribution in [0.2, 0.25) is 5.02 Å². The minimum Gasteiger partial charge on any atom is -0.496 e. The van der Waals surface area contributed by atoms with Gasteiger partial charge < -0.3 is 10.5 Å². The van der Waals surface area contributed by atoms with Crippen molar-refractivity contribution in [1.29, 1.82) is 0 Å². The lowest BCUT2D eigenvalue weighted by atomic mass is 9.94. The van der Waals surface area contributed by atoms with Crippen LogP contribution >= 0.6 is 11.6 Å². The van der Waals surface area contributed by atoms with Crippen molar-refractivity contribution in [3.8, 4) is 5.75 Å². The molecule has 84 valence electrons. The summed E-state index contributed by atoms with van der Waals surface area (Å²) in [6.07, 6.45) is 0.927. The first-order valence-electron chi connectivity index (χ1n) is 5.13. The molecule has 3 heteroatoms. The van der Waals surface area contributed by atoms with Gasteiger partial charge in [-0.3, -0.25) is 0 Å². The molecule has 0 heterocycles. The molecular weight excluding hydrogens is 210 g/mol. The number of hydrogen-bond donors (Lipinski definition) is 1. The Kier molecular flexibility index (Phi) is 4.43. The summed E-state index contributed by atoms with van der Waals surface area (Å²) in [5.41, 5.74) is 6.91. The molecule has 0 bridgehead atoms. The topological polar surface area (TPSA) is 35.2 Å². The summed E-state index contributed by atoms with van der Waals surface area (Å²) in [7, 11) is 1.67. The van der Waals surface area contributed by atoms with E-state index in [1.54, 1.807) is 7.11 Å². The van der Waals surface area contributed by atoms with Gasteiger partial charge in [-0.1, -0.05) is 18.5 Å². The van der Waals surface area contributed by atoms with E-state index in [1.807, 2.05) is 25.1 Å². The lowest BCUT2D eigenvalue weighted by Crippen LogP contribution is -2.17. The Balaban J connectivity index is 2.94. The Morgan fingerprint density at radius 3 is 2.60 bits per heavy atom. The highest BCUT2D eigenvalue weighted by Crippen LogP contribution is 2.31. The fraction of sp³-hybridized carbons (Fsp3) is 0.500. The van der Waals surface area contributed by atoms with E-state index in [4.69, 9.17) is 22.1 Å². The minimum absolute atomic E-state index is 0.184.